The number of rotatable bonds is 5. The van der Waals surface area contributed by atoms with E-state index in [0.717, 1.165) is 50.9 Å². The predicted octanol–water partition coefficient (Wildman–Crippen LogP) is 0.203. The van der Waals surface area contributed by atoms with Crippen LogP contribution in [0.5, 0.6) is 0 Å². The summed E-state index contributed by atoms with van der Waals surface area (Å²) in [6.45, 7) is 4.95. The minimum Gasteiger partial charge on any atom is -0.396 e. The summed E-state index contributed by atoms with van der Waals surface area (Å²) in [6.07, 6.45) is 4.31. The number of aliphatic hydroxyl groups excluding tert-OH is 2. The van der Waals surface area contributed by atoms with Crippen LogP contribution < -0.4 is 10.6 Å². The Labute approximate surface area is 110 Å². The number of hydrogen-bond donors (Lipinski definition) is 4. The van der Waals surface area contributed by atoms with E-state index >= 15 is 0 Å². The summed E-state index contributed by atoms with van der Waals surface area (Å²) in [7, 11) is 0. The van der Waals surface area contributed by atoms with Crippen LogP contribution in [0.15, 0.2) is 0 Å². The number of piperidine rings is 2. The highest BCUT2D eigenvalue weighted by Crippen LogP contribution is 2.38. The van der Waals surface area contributed by atoms with E-state index in [2.05, 4.69) is 10.6 Å². The normalized spacial score (nSPS) is 37.7. The van der Waals surface area contributed by atoms with Crippen molar-refractivity contribution in [2.24, 2.45) is 23.7 Å². The van der Waals surface area contributed by atoms with Gasteiger partial charge < -0.3 is 20.8 Å². The van der Waals surface area contributed by atoms with Gasteiger partial charge in [0.2, 0.25) is 0 Å². The Balaban J connectivity index is 2.00. The zero-order valence-electron chi connectivity index (χ0n) is 11.3. The second-order valence-corrected chi connectivity index (χ2v) is 5.86. The van der Waals surface area contributed by atoms with Gasteiger partial charge in [-0.15, -0.1) is 0 Å². The highest BCUT2D eigenvalue weighted by Gasteiger charge is 2.36. The van der Waals surface area contributed by atoms with E-state index in [9.17, 15) is 10.2 Å². The second kappa shape index (κ2) is 7.43. The molecule has 0 radical (unpaired) electrons. The van der Waals surface area contributed by atoms with E-state index in [1.54, 1.807) is 0 Å². The molecule has 4 heteroatoms. The van der Waals surface area contributed by atoms with Crippen molar-refractivity contribution in [1.82, 2.24) is 10.6 Å². The van der Waals surface area contributed by atoms with E-state index in [1.807, 2.05) is 0 Å². The first-order chi connectivity index (χ1) is 8.86. The Morgan fingerprint density at radius 2 is 1.22 bits per heavy atom. The molecule has 4 N–H and O–H groups in total. The van der Waals surface area contributed by atoms with Gasteiger partial charge in [-0.3, -0.25) is 0 Å². The van der Waals surface area contributed by atoms with E-state index in [-0.39, 0.29) is 0 Å². The van der Waals surface area contributed by atoms with Crippen LogP contribution in [0.3, 0.4) is 0 Å². The molecule has 2 aliphatic rings. The van der Waals surface area contributed by atoms with Crippen molar-refractivity contribution >= 4 is 0 Å². The van der Waals surface area contributed by atoms with Gasteiger partial charge in [0.1, 0.15) is 0 Å². The minimum atomic E-state index is 0.304. The Kier molecular flexibility index (Phi) is 5.89. The van der Waals surface area contributed by atoms with Crippen molar-refractivity contribution in [3.63, 3.8) is 0 Å². The van der Waals surface area contributed by atoms with E-state index in [0.29, 0.717) is 25.0 Å². The van der Waals surface area contributed by atoms with Crippen LogP contribution in [0.4, 0.5) is 0 Å². The fraction of sp³-hybridized carbons (Fsp3) is 1.00. The summed E-state index contributed by atoms with van der Waals surface area (Å²) in [4.78, 5) is 0. The smallest absolute Gasteiger partial charge is 0.0434 e. The molecule has 0 aliphatic carbocycles. The fourth-order valence-corrected chi connectivity index (χ4v) is 3.98. The molecule has 4 atom stereocenters. The second-order valence-electron chi connectivity index (χ2n) is 5.86. The largest absolute Gasteiger partial charge is 0.396 e. The van der Waals surface area contributed by atoms with Gasteiger partial charge in [0.25, 0.3) is 0 Å². The van der Waals surface area contributed by atoms with Crippen molar-refractivity contribution in [2.75, 3.05) is 39.4 Å². The van der Waals surface area contributed by atoms with Crippen LogP contribution >= 0.6 is 0 Å². The SMILES string of the molecule is OCCC1CNCCC1C1CCNCC1CCO. The molecule has 0 aromatic rings. The lowest BCUT2D eigenvalue weighted by atomic mass is 9.67. The third-order valence-electron chi connectivity index (χ3n) is 4.88. The molecule has 2 rings (SSSR count). The molecule has 2 fully saturated rings. The third kappa shape index (κ3) is 3.44. The Morgan fingerprint density at radius 3 is 1.61 bits per heavy atom. The molecule has 2 saturated heterocycles. The lowest BCUT2D eigenvalue weighted by Gasteiger charge is -2.43. The van der Waals surface area contributed by atoms with Crippen LogP contribution in [-0.4, -0.2) is 49.6 Å². The van der Waals surface area contributed by atoms with Crippen molar-refractivity contribution in [2.45, 2.75) is 25.7 Å². The third-order valence-corrected chi connectivity index (χ3v) is 4.88. The van der Waals surface area contributed by atoms with Crippen molar-refractivity contribution in [3.05, 3.63) is 0 Å². The molecule has 4 nitrogen and oxygen atoms in total. The maximum atomic E-state index is 9.22. The van der Waals surface area contributed by atoms with Crippen LogP contribution in [0.25, 0.3) is 0 Å². The summed E-state index contributed by atoms with van der Waals surface area (Å²) in [6, 6.07) is 0. The van der Waals surface area contributed by atoms with E-state index < -0.39 is 0 Å². The van der Waals surface area contributed by atoms with Gasteiger partial charge in [0, 0.05) is 13.2 Å². The van der Waals surface area contributed by atoms with Crippen molar-refractivity contribution in [1.29, 1.82) is 0 Å². The lowest BCUT2D eigenvalue weighted by molar-refractivity contribution is 0.0699. The van der Waals surface area contributed by atoms with Gasteiger partial charge in [-0.25, -0.2) is 0 Å². The van der Waals surface area contributed by atoms with E-state index in [1.165, 1.54) is 12.8 Å². The van der Waals surface area contributed by atoms with Crippen molar-refractivity contribution < 1.29 is 10.2 Å². The maximum Gasteiger partial charge on any atom is 0.0434 e. The van der Waals surface area contributed by atoms with Gasteiger partial charge in [-0.05, 0) is 75.5 Å². The van der Waals surface area contributed by atoms with Gasteiger partial charge >= 0.3 is 0 Å². The van der Waals surface area contributed by atoms with E-state index in [4.69, 9.17) is 0 Å². The maximum absolute atomic E-state index is 9.22. The Bertz CT molecular complexity index is 210. The highest BCUT2D eigenvalue weighted by atomic mass is 16.3. The predicted molar refractivity (Wildman–Crippen MR) is 72.3 cm³/mol. The van der Waals surface area contributed by atoms with Gasteiger partial charge in [0.05, 0.1) is 0 Å². The van der Waals surface area contributed by atoms with Crippen LogP contribution in [-0.2, 0) is 0 Å². The average molecular weight is 256 g/mol. The molecule has 0 bridgehead atoms. The minimum absolute atomic E-state index is 0.304. The highest BCUT2D eigenvalue weighted by molar-refractivity contribution is 4.89. The zero-order chi connectivity index (χ0) is 12.8. The summed E-state index contributed by atoms with van der Waals surface area (Å²) in [5, 5.41) is 25.4. The van der Waals surface area contributed by atoms with Crippen LogP contribution in [0, 0.1) is 23.7 Å². The Hall–Kier alpha value is -0.160. The number of nitrogens with one attached hydrogen (secondary N) is 2. The molecule has 2 aliphatic heterocycles. The number of aliphatic hydroxyl groups is 2. The van der Waals surface area contributed by atoms with Crippen molar-refractivity contribution in [3.8, 4) is 0 Å². The topological polar surface area (TPSA) is 64.5 Å². The molecular weight excluding hydrogens is 228 g/mol. The van der Waals surface area contributed by atoms with Gasteiger partial charge in [-0.1, -0.05) is 0 Å². The quantitative estimate of drug-likeness (QED) is 0.567. The average Bonchev–Trinajstić information content (AvgIpc) is 2.41. The molecule has 0 amide bonds. The molecular formula is C14H28N2O2. The molecule has 0 saturated carbocycles. The zero-order valence-corrected chi connectivity index (χ0v) is 11.3. The summed E-state index contributed by atoms with van der Waals surface area (Å²) < 4.78 is 0. The van der Waals surface area contributed by atoms with Crippen LogP contribution in [0.1, 0.15) is 25.7 Å². The first-order valence-electron chi connectivity index (χ1n) is 7.50. The molecule has 4 unspecified atom stereocenters. The van der Waals surface area contributed by atoms with Crippen LogP contribution in [0.2, 0.25) is 0 Å². The summed E-state index contributed by atoms with van der Waals surface area (Å²) in [5.41, 5.74) is 0. The molecule has 0 aromatic heterocycles. The standard InChI is InChI=1S/C14H28N2O2/c17-7-3-11-9-15-5-1-13(11)14-2-6-16-10-12(14)4-8-18/h11-18H,1-10H2. The van der Waals surface area contributed by atoms with Gasteiger partial charge in [-0.2, -0.15) is 0 Å². The fourth-order valence-electron chi connectivity index (χ4n) is 3.98. The van der Waals surface area contributed by atoms with Gasteiger partial charge in [0.15, 0.2) is 0 Å². The summed E-state index contributed by atoms with van der Waals surface area (Å²) >= 11 is 0. The first-order valence-corrected chi connectivity index (χ1v) is 7.50. The molecule has 2 heterocycles. The summed E-state index contributed by atoms with van der Waals surface area (Å²) in [5.74, 6) is 2.70. The first kappa shape index (κ1) is 14.3. The Morgan fingerprint density at radius 1 is 0.778 bits per heavy atom. The monoisotopic (exact) mass is 256 g/mol. The lowest BCUT2D eigenvalue weighted by Crippen LogP contribution is -2.47. The number of hydrogen-bond acceptors (Lipinski definition) is 4. The molecule has 0 spiro atoms. The molecule has 18 heavy (non-hydrogen) atoms. The molecule has 106 valence electrons. The molecule has 0 aromatic carbocycles.